The summed E-state index contributed by atoms with van der Waals surface area (Å²) in [6, 6.07) is 2.11. The zero-order valence-electron chi connectivity index (χ0n) is 14.2. The van der Waals surface area contributed by atoms with Crippen molar-refractivity contribution in [3.8, 4) is 6.07 Å². The molecule has 5 nitrogen and oxygen atoms in total. The van der Waals surface area contributed by atoms with Gasteiger partial charge in [0.2, 0.25) is 5.91 Å². The third-order valence-corrected chi connectivity index (χ3v) is 6.29. The number of nitriles is 1. The number of nitrogens with one attached hydrogen (secondary N) is 1. The second-order valence-corrected chi connectivity index (χ2v) is 8.12. The smallest absolute Gasteiger partial charge is 0.348 e. The highest BCUT2D eigenvalue weighted by Crippen LogP contribution is 2.48. The number of fused-ring (bicyclic) bond motifs is 2. The first-order valence-electron chi connectivity index (χ1n) is 8.46. The van der Waals surface area contributed by atoms with Gasteiger partial charge >= 0.3 is 5.97 Å². The van der Waals surface area contributed by atoms with Crippen molar-refractivity contribution in [2.24, 2.45) is 17.8 Å². The number of nitrogens with zero attached hydrogens (tertiary/aromatic N) is 1. The first-order chi connectivity index (χ1) is 11.4. The van der Waals surface area contributed by atoms with Gasteiger partial charge in [0.05, 0.1) is 11.7 Å². The molecule has 24 heavy (non-hydrogen) atoms. The van der Waals surface area contributed by atoms with Gasteiger partial charge in [-0.2, -0.15) is 5.26 Å². The molecule has 2 aliphatic carbocycles. The molecule has 0 unspecified atom stereocenters. The second kappa shape index (κ2) is 6.56. The molecule has 128 valence electrons. The number of thiophene rings is 1. The Morgan fingerprint density at radius 3 is 2.62 bits per heavy atom. The molecule has 2 bridgehead atoms. The van der Waals surface area contributed by atoms with Crippen molar-refractivity contribution < 1.29 is 14.3 Å². The fourth-order valence-electron chi connectivity index (χ4n) is 3.97. The predicted molar refractivity (Wildman–Crippen MR) is 91.9 cm³/mol. The fourth-order valence-corrected chi connectivity index (χ4v) is 5.01. The molecule has 0 saturated heterocycles. The Morgan fingerprint density at radius 1 is 1.33 bits per heavy atom. The molecule has 1 aromatic rings. The van der Waals surface area contributed by atoms with Crippen LogP contribution in [0.3, 0.4) is 0 Å². The largest absolute Gasteiger partial charge is 0.459 e. The van der Waals surface area contributed by atoms with Gasteiger partial charge in [-0.3, -0.25) is 4.79 Å². The number of carbonyl (C=O) groups is 2. The topological polar surface area (TPSA) is 79.2 Å². The maximum absolute atomic E-state index is 12.6. The average Bonchev–Trinajstić information content (AvgIpc) is 3.21. The summed E-state index contributed by atoms with van der Waals surface area (Å²) in [5.74, 6) is 0.756. The van der Waals surface area contributed by atoms with Crippen molar-refractivity contribution >= 4 is 28.2 Å². The van der Waals surface area contributed by atoms with Crippen LogP contribution in [0.4, 0.5) is 5.00 Å². The monoisotopic (exact) mass is 346 g/mol. The fraction of sp³-hybridized carbons (Fsp3) is 0.611. The molecule has 6 heteroatoms. The molecule has 3 rings (SSSR count). The minimum absolute atomic E-state index is 0.0104. The van der Waals surface area contributed by atoms with Crippen LogP contribution in [0.5, 0.6) is 0 Å². The molecular formula is C18H22N2O3S. The van der Waals surface area contributed by atoms with E-state index in [0.29, 0.717) is 32.8 Å². The highest BCUT2D eigenvalue weighted by Gasteiger charge is 2.43. The van der Waals surface area contributed by atoms with Crippen LogP contribution < -0.4 is 5.32 Å². The van der Waals surface area contributed by atoms with Crippen LogP contribution in [-0.2, 0) is 9.53 Å². The first kappa shape index (κ1) is 17.0. The number of hydrogen-bond donors (Lipinski definition) is 1. The molecule has 0 spiro atoms. The minimum Gasteiger partial charge on any atom is -0.459 e. The second-order valence-electron chi connectivity index (χ2n) is 7.10. The molecule has 1 amide bonds. The number of esters is 1. The van der Waals surface area contributed by atoms with Crippen LogP contribution in [-0.4, -0.2) is 18.0 Å². The van der Waals surface area contributed by atoms with E-state index >= 15 is 0 Å². The van der Waals surface area contributed by atoms with E-state index in [2.05, 4.69) is 11.4 Å². The summed E-state index contributed by atoms with van der Waals surface area (Å²) >= 11 is 1.14. The van der Waals surface area contributed by atoms with Gasteiger partial charge < -0.3 is 10.1 Å². The lowest BCUT2D eigenvalue weighted by Gasteiger charge is -2.20. The summed E-state index contributed by atoms with van der Waals surface area (Å²) in [5, 5.41) is 12.8. The lowest BCUT2D eigenvalue weighted by molar-refractivity contribution is -0.121. The Hall–Kier alpha value is -1.87. The molecule has 1 heterocycles. The van der Waals surface area contributed by atoms with E-state index in [-0.39, 0.29) is 17.9 Å². The van der Waals surface area contributed by atoms with Crippen LogP contribution in [0.2, 0.25) is 0 Å². The molecule has 1 N–H and O–H groups in total. The van der Waals surface area contributed by atoms with E-state index < -0.39 is 5.97 Å². The lowest BCUT2D eigenvalue weighted by Crippen LogP contribution is -2.27. The van der Waals surface area contributed by atoms with Crippen molar-refractivity contribution in [1.29, 1.82) is 5.26 Å². The summed E-state index contributed by atoms with van der Waals surface area (Å²) in [5.41, 5.74) is 0.948. The molecule has 2 saturated carbocycles. The lowest BCUT2D eigenvalue weighted by atomic mass is 9.88. The number of hydrogen-bond acceptors (Lipinski definition) is 5. The Kier molecular flexibility index (Phi) is 4.64. The average molecular weight is 346 g/mol. The molecule has 1 aromatic heterocycles. The van der Waals surface area contributed by atoms with Gasteiger partial charge in [-0.1, -0.05) is 6.42 Å². The zero-order valence-corrected chi connectivity index (χ0v) is 15.0. The van der Waals surface area contributed by atoms with Crippen LogP contribution in [0.25, 0.3) is 0 Å². The van der Waals surface area contributed by atoms with E-state index in [9.17, 15) is 14.9 Å². The molecule has 2 fully saturated rings. The van der Waals surface area contributed by atoms with Crippen LogP contribution in [0.15, 0.2) is 0 Å². The number of amides is 1. The van der Waals surface area contributed by atoms with Crippen molar-refractivity contribution in [1.82, 2.24) is 0 Å². The van der Waals surface area contributed by atoms with Gasteiger partial charge in [0.1, 0.15) is 15.9 Å². The zero-order chi connectivity index (χ0) is 17.4. The van der Waals surface area contributed by atoms with Gasteiger partial charge in [-0.15, -0.1) is 11.3 Å². The molecular weight excluding hydrogens is 324 g/mol. The maximum Gasteiger partial charge on any atom is 0.348 e. The SMILES string of the molecule is Cc1c(C(=O)OC(C)C)sc(NC(=O)[C@H]2C[C@H]3CC[C@H]2C3)c1C#N. The highest BCUT2D eigenvalue weighted by atomic mass is 32.1. The van der Waals surface area contributed by atoms with E-state index in [0.717, 1.165) is 30.6 Å². The Labute approximate surface area is 146 Å². The third kappa shape index (κ3) is 3.05. The third-order valence-electron chi connectivity index (χ3n) is 5.10. The van der Waals surface area contributed by atoms with Gasteiger partial charge in [0.15, 0.2) is 0 Å². The summed E-state index contributed by atoms with van der Waals surface area (Å²) in [6.07, 6.45) is 4.24. The van der Waals surface area contributed by atoms with Crippen molar-refractivity contribution in [3.63, 3.8) is 0 Å². The standard InChI is InChI=1S/C18H22N2O3S/c1-9(2)23-18(22)15-10(3)14(8-19)17(24-15)20-16(21)13-7-11-4-5-12(13)6-11/h9,11-13H,4-7H2,1-3H3,(H,20,21)/t11-,12-,13-/m0/s1. The quantitative estimate of drug-likeness (QED) is 0.839. The van der Waals surface area contributed by atoms with E-state index in [1.807, 2.05) is 0 Å². The number of anilines is 1. The van der Waals surface area contributed by atoms with E-state index in [1.165, 1.54) is 6.42 Å². The summed E-state index contributed by atoms with van der Waals surface area (Å²) < 4.78 is 5.22. The van der Waals surface area contributed by atoms with Gasteiger partial charge in [-0.25, -0.2) is 4.79 Å². The normalized spacial score (nSPS) is 24.9. The molecule has 0 aromatic carbocycles. The number of carbonyl (C=O) groups excluding carboxylic acids is 2. The number of ether oxygens (including phenoxy) is 1. The minimum atomic E-state index is -0.440. The van der Waals surface area contributed by atoms with Gasteiger partial charge in [0, 0.05) is 5.92 Å². The van der Waals surface area contributed by atoms with Crippen LogP contribution in [0, 0.1) is 36.0 Å². The van der Waals surface area contributed by atoms with E-state index in [1.54, 1.807) is 20.8 Å². The summed E-state index contributed by atoms with van der Waals surface area (Å²) in [4.78, 5) is 25.2. The molecule has 3 atom stereocenters. The highest BCUT2D eigenvalue weighted by molar-refractivity contribution is 7.18. The molecule has 0 radical (unpaired) electrons. The van der Waals surface area contributed by atoms with Crippen molar-refractivity contribution in [3.05, 3.63) is 16.0 Å². The summed E-state index contributed by atoms with van der Waals surface area (Å²) in [6.45, 7) is 5.28. The first-order valence-corrected chi connectivity index (χ1v) is 9.27. The molecule has 0 aliphatic heterocycles. The van der Waals surface area contributed by atoms with Crippen molar-refractivity contribution in [2.45, 2.75) is 52.6 Å². The van der Waals surface area contributed by atoms with E-state index in [4.69, 9.17) is 4.74 Å². The molecule has 2 aliphatic rings. The summed E-state index contributed by atoms with van der Waals surface area (Å²) in [7, 11) is 0. The van der Waals surface area contributed by atoms with Crippen LogP contribution in [0.1, 0.15) is 60.3 Å². The predicted octanol–water partition coefficient (Wildman–Crippen LogP) is 3.87. The Morgan fingerprint density at radius 2 is 2.08 bits per heavy atom. The van der Waals surface area contributed by atoms with Gasteiger partial charge in [-0.05, 0) is 57.4 Å². The Balaban J connectivity index is 1.79. The maximum atomic E-state index is 12.6. The Bertz CT molecular complexity index is 717. The van der Waals surface area contributed by atoms with Crippen molar-refractivity contribution in [2.75, 3.05) is 5.32 Å². The number of rotatable bonds is 4. The van der Waals surface area contributed by atoms with Gasteiger partial charge in [0.25, 0.3) is 0 Å². The van der Waals surface area contributed by atoms with Crippen LogP contribution >= 0.6 is 11.3 Å².